The van der Waals surface area contributed by atoms with Crippen molar-refractivity contribution in [2.24, 2.45) is 0 Å². The summed E-state index contributed by atoms with van der Waals surface area (Å²) in [4.78, 5) is 0. The largest absolute Gasteiger partial charge is 1.00 e. The molecule has 0 aliphatic carbocycles. The van der Waals surface area contributed by atoms with Gasteiger partial charge in [0.15, 0.2) is 6.17 Å². The van der Waals surface area contributed by atoms with Crippen LogP contribution in [0.5, 0.6) is 0 Å². The number of hydrogen-bond acceptors (Lipinski definition) is 1. The van der Waals surface area contributed by atoms with Gasteiger partial charge in [-0.25, -0.2) is 13.2 Å². The third-order valence-corrected chi connectivity index (χ3v) is 2.47. The molecule has 0 fully saturated rings. The van der Waals surface area contributed by atoms with Crippen LogP contribution < -0.4 is 34.7 Å². The minimum atomic E-state index is -7.92. The van der Waals surface area contributed by atoms with Gasteiger partial charge in [-0.2, -0.15) is 43.9 Å². The van der Waals surface area contributed by atoms with E-state index in [1.54, 1.807) is 0 Å². The molecule has 0 N–H and O–H groups in total. The number of rotatable bonds is 6. The second-order valence-corrected chi connectivity index (χ2v) is 4.05. The first-order chi connectivity index (χ1) is 9.19. The van der Waals surface area contributed by atoms with Gasteiger partial charge in [0.25, 0.3) is 6.11 Å². The number of hydrogen-bond donors (Lipinski definition) is 0. The molecule has 0 spiro atoms. The molecule has 1 nitrogen and oxygen atoms in total. The van der Waals surface area contributed by atoms with Crippen molar-refractivity contribution in [3.05, 3.63) is 0 Å². The van der Waals surface area contributed by atoms with Crippen LogP contribution in [-0.4, -0.2) is 41.9 Å². The molecule has 1 unspecified atom stereocenters. The summed E-state index contributed by atoms with van der Waals surface area (Å²) in [7, 11) is 0. The van der Waals surface area contributed by atoms with Crippen molar-refractivity contribution >= 4 is 0 Å². The van der Waals surface area contributed by atoms with E-state index in [-0.39, 0.29) is 29.6 Å². The van der Waals surface area contributed by atoms with Gasteiger partial charge in [0.1, 0.15) is 0 Å². The van der Waals surface area contributed by atoms with Crippen LogP contribution in [0.1, 0.15) is 6.92 Å². The van der Waals surface area contributed by atoms with Crippen molar-refractivity contribution in [2.45, 2.75) is 48.8 Å². The van der Waals surface area contributed by atoms with Gasteiger partial charge in [-0.05, 0) is 6.92 Å². The van der Waals surface area contributed by atoms with Crippen molar-refractivity contribution in [1.29, 1.82) is 0 Å². The van der Waals surface area contributed by atoms with Crippen LogP contribution in [0.15, 0.2) is 0 Å². The van der Waals surface area contributed by atoms with E-state index in [1.807, 2.05) is 0 Å². The van der Waals surface area contributed by atoms with Crippen molar-refractivity contribution in [3.8, 4) is 0 Å². The van der Waals surface area contributed by atoms with Crippen molar-refractivity contribution < 1.29 is 91.7 Å². The van der Waals surface area contributed by atoms with Crippen LogP contribution in [0.2, 0.25) is 0 Å². The van der Waals surface area contributed by atoms with Crippen molar-refractivity contribution in [2.75, 3.05) is 0 Å². The Hall–Kier alpha value is 0.0500. The van der Waals surface area contributed by atoms with E-state index in [9.17, 15) is 62.2 Å². The van der Waals surface area contributed by atoms with Crippen LogP contribution in [0.25, 0.3) is 0 Å². The molecule has 0 aromatic carbocycles. The van der Waals surface area contributed by atoms with Crippen LogP contribution in [-0.2, 0) is 0 Å². The van der Waals surface area contributed by atoms with E-state index in [1.165, 1.54) is 0 Å². The quantitative estimate of drug-likeness (QED) is 0.481. The molecule has 23 heavy (non-hydrogen) atoms. The topological polar surface area (TPSA) is 23.1 Å². The maximum absolute atomic E-state index is 12.8. The van der Waals surface area contributed by atoms with E-state index in [4.69, 9.17) is 0 Å². The van der Waals surface area contributed by atoms with E-state index < -0.39 is 48.8 Å². The fourth-order valence-corrected chi connectivity index (χ4v) is 1.04. The molecule has 0 bridgehead atoms. The van der Waals surface area contributed by atoms with E-state index in [2.05, 4.69) is 0 Å². The summed E-state index contributed by atoms with van der Waals surface area (Å²) < 4.78 is 162. The van der Waals surface area contributed by atoms with Gasteiger partial charge < -0.3 is 5.11 Å². The van der Waals surface area contributed by atoms with Gasteiger partial charge in [0.2, 0.25) is 0 Å². The van der Waals surface area contributed by atoms with Crippen LogP contribution >= 0.6 is 0 Å². The molecule has 0 saturated carbocycles. The molecule has 15 heteroatoms. The number of halogens is 13. The molecule has 1 atom stereocenters. The van der Waals surface area contributed by atoms with Crippen molar-refractivity contribution in [1.82, 2.24) is 0 Å². The summed E-state index contributed by atoms with van der Waals surface area (Å²) in [6, 6.07) is 0. The molecule has 0 rings (SSSR count). The van der Waals surface area contributed by atoms with Gasteiger partial charge >= 0.3 is 59.2 Å². The zero-order valence-electron chi connectivity index (χ0n) is 10.9. The predicted molar refractivity (Wildman–Crippen MR) is 40.3 cm³/mol. The molecular formula is C8H4F13NaO. The maximum Gasteiger partial charge on any atom is 1.00 e. The molecule has 0 aliphatic rings. The van der Waals surface area contributed by atoms with Gasteiger partial charge in [0.05, 0.1) is 0 Å². The SMILES string of the molecule is CC(F)C(F)(F)C(F)(F)C(F)(F)C(F)(F)C(F)(F)C([O-])(F)F.[Na+]. The molecule has 0 radical (unpaired) electrons. The third-order valence-electron chi connectivity index (χ3n) is 2.47. The van der Waals surface area contributed by atoms with Crippen LogP contribution in [0.4, 0.5) is 57.1 Å². The average Bonchev–Trinajstić information content (AvgIpc) is 2.25. The fourth-order valence-electron chi connectivity index (χ4n) is 1.04. The first-order valence-electron chi connectivity index (χ1n) is 4.81. The predicted octanol–water partition coefficient (Wildman–Crippen LogP) is 0.478. The first-order valence-corrected chi connectivity index (χ1v) is 4.81. The van der Waals surface area contributed by atoms with Gasteiger partial charge in [-0.3, -0.25) is 0 Å². The molecule has 0 aromatic heterocycles. The zero-order chi connectivity index (χ0) is 18.6. The summed E-state index contributed by atoms with van der Waals surface area (Å²) in [5, 5.41) is 9.53. The number of alkyl halides is 13. The molecule has 134 valence electrons. The van der Waals surface area contributed by atoms with E-state index in [0.717, 1.165) is 0 Å². The Bertz CT molecular complexity index is 413. The molecular weight excluding hydrogens is 382 g/mol. The Labute approximate surface area is 141 Å². The molecule has 0 aliphatic heterocycles. The second kappa shape index (κ2) is 6.41. The monoisotopic (exact) mass is 386 g/mol. The Morgan fingerprint density at radius 3 is 1.09 bits per heavy atom. The molecule has 0 amide bonds. The van der Waals surface area contributed by atoms with Crippen LogP contribution in [0, 0.1) is 0 Å². The first kappa shape index (κ1) is 25.3. The molecule has 0 aromatic rings. The zero-order valence-corrected chi connectivity index (χ0v) is 12.9. The van der Waals surface area contributed by atoms with Gasteiger partial charge in [0, 0.05) is 0 Å². The Kier molecular flexibility index (Phi) is 7.05. The van der Waals surface area contributed by atoms with Crippen LogP contribution in [0.3, 0.4) is 0 Å². The summed E-state index contributed by atoms with van der Waals surface area (Å²) in [5.74, 6) is -37.6. The van der Waals surface area contributed by atoms with Crippen molar-refractivity contribution in [3.63, 3.8) is 0 Å². The standard InChI is InChI=1S/C8H4F13O.Na/c1-2(9)3(10,11)4(12,13)5(14,15)6(16,17)7(18,19)8(20,21)22;/h2H,1H3;/q-1;+1. The van der Waals surface area contributed by atoms with E-state index >= 15 is 0 Å². The Balaban J connectivity index is 0. The summed E-state index contributed by atoms with van der Waals surface area (Å²) >= 11 is 0. The van der Waals surface area contributed by atoms with Gasteiger partial charge in [-0.15, -0.1) is 0 Å². The van der Waals surface area contributed by atoms with Gasteiger partial charge in [-0.1, -0.05) is 0 Å². The molecule has 0 saturated heterocycles. The normalized spacial score (nSPS) is 16.8. The maximum atomic E-state index is 12.8. The summed E-state index contributed by atoms with van der Waals surface area (Å²) in [6.07, 6.45) is -11.5. The smallest absolute Gasteiger partial charge is 0.793 e. The summed E-state index contributed by atoms with van der Waals surface area (Å²) in [6.45, 7) is -0.498. The molecule has 0 heterocycles. The fraction of sp³-hybridized carbons (Fsp3) is 1.00. The second-order valence-electron chi connectivity index (χ2n) is 4.05. The Morgan fingerprint density at radius 2 is 0.870 bits per heavy atom. The average molecular weight is 386 g/mol. The minimum absolute atomic E-state index is 0. The van der Waals surface area contributed by atoms with E-state index in [0.29, 0.717) is 0 Å². The Morgan fingerprint density at radius 1 is 0.609 bits per heavy atom. The minimum Gasteiger partial charge on any atom is -0.793 e. The summed E-state index contributed by atoms with van der Waals surface area (Å²) in [5.41, 5.74) is 0. The third kappa shape index (κ3) is 3.40.